The molecule has 1 aliphatic rings. The molecule has 0 aliphatic carbocycles. The average molecular weight is 234 g/mol. The van der Waals surface area contributed by atoms with Gasteiger partial charge in [-0.3, -0.25) is 5.41 Å². The van der Waals surface area contributed by atoms with Crippen molar-refractivity contribution < 1.29 is 0 Å². The maximum Gasteiger partial charge on any atom is 0.128 e. The molecule has 1 aromatic rings. The second-order valence-corrected chi connectivity index (χ2v) is 5.36. The van der Waals surface area contributed by atoms with Crippen molar-refractivity contribution in [2.24, 2.45) is 5.92 Å². The first-order valence-corrected chi connectivity index (χ1v) is 7.02. The molecular formula is C13H18N2S. The highest BCUT2D eigenvalue weighted by Crippen LogP contribution is 2.23. The third-order valence-electron chi connectivity index (χ3n) is 2.93. The number of thioether (sulfide) groups is 1. The standard InChI is InChI=1S/C13H18N2S/c1-10(9-16-2)7-15-8-11-5-3-4-6-12(11)13(15)14/h3-6,10,14H,7-9H2,1-2H3. The van der Waals surface area contributed by atoms with Gasteiger partial charge in [-0.15, -0.1) is 0 Å². The van der Waals surface area contributed by atoms with Crippen molar-refractivity contribution in [3.8, 4) is 0 Å². The van der Waals surface area contributed by atoms with Gasteiger partial charge in [0.1, 0.15) is 5.84 Å². The van der Waals surface area contributed by atoms with Crippen LogP contribution in [-0.4, -0.2) is 29.3 Å². The van der Waals surface area contributed by atoms with Gasteiger partial charge in [0, 0.05) is 18.7 Å². The number of hydrogen-bond acceptors (Lipinski definition) is 2. The van der Waals surface area contributed by atoms with Crippen LogP contribution in [0.1, 0.15) is 18.1 Å². The summed E-state index contributed by atoms with van der Waals surface area (Å²) >= 11 is 1.88. The van der Waals surface area contributed by atoms with Gasteiger partial charge >= 0.3 is 0 Å². The van der Waals surface area contributed by atoms with Gasteiger partial charge in [-0.05, 0) is 23.5 Å². The molecule has 1 heterocycles. The van der Waals surface area contributed by atoms with E-state index in [0.717, 1.165) is 18.7 Å². The van der Waals surface area contributed by atoms with Crippen LogP contribution in [0, 0.1) is 11.3 Å². The van der Waals surface area contributed by atoms with Crippen molar-refractivity contribution in [3.63, 3.8) is 0 Å². The van der Waals surface area contributed by atoms with Crippen LogP contribution in [0.3, 0.4) is 0 Å². The van der Waals surface area contributed by atoms with E-state index in [4.69, 9.17) is 5.41 Å². The number of nitrogens with one attached hydrogen (secondary N) is 1. The topological polar surface area (TPSA) is 27.1 Å². The largest absolute Gasteiger partial charge is 0.352 e. The van der Waals surface area contributed by atoms with Crippen LogP contribution >= 0.6 is 11.8 Å². The Morgan fingerprint density at radius 2 is 2.19 bits per heavy atom. The summed E-state index contributed by atoms with van der Waals surface area (Å²) in [6.45, 7) is 4.16. The fourth-order valence-corrected chi connectivity index (χ4v) is 2.89. The van der Waals surface area contributed by atoms with Crippen molar-refractivity contribution in [1.29, 1.82) is 5.41 Å². The van der Waals surface area contributed by atoms with E-state index in [0.29, 0.717) is 11.8 Å². The number of fused-ring (bicyclic) bond motifs is 1. The van der Waals surface area contributed by atoms with Crippen molar-refractivity contribution >= 4 is 17.6 Å². The molecule has 1 aromatic carbocycles. The fourth-order valence-electron chi connectivity index (χ4n) is 2.21. The number of hydrogen-bond donors (Lipinski definition) is 1. The Bertz CT molecular complexity index is 389. The van der Waals surface area contributed by atoms with Gasteiger partial charge in [0.2, 0.25) is 0 Å². The summed E-state index contributed by atoms with van der Waals surface area (Å²) in [5.41, 5.74) is 2.41. The molecule has 1 unspecified atom stereocenters. The molecule has 2 nitrogen and oxygen atoms in total. The molecule has 0 radical (unpaired) electrons. The molecule has 1 N–H and O–H groups in total. The summed E-state index contributed by atoms with van der Waals surface area (Å²) in [5, 5.41) is 8.13. The van der Waals surface area contributed by atoms with Gasteiger partial charge in [0.15, 0.2) is 0 Å². The molecule has 2 rings (SSSR count). The van der Waals surface area contributed by atoms with E-state index in [1.54, 1.807) is 0 Å². The van der Waals surface area contributed by atoms with Gasteiger partial charge < -0.3 is 4.90 Å². The first-order valence-electron chi connectivity index (χ1n) is 5.63. The minimum Gasteiger partial charge on any atom is -0.352 e. The summed E-state index contributed by atoms with van der Waals surface area (Å²) in [4.78, 5) is 2.19. The monoisotopic (exact) mass is 234 g/mol. The highest BCUT2D eigenvalue weighted by molar-refractivity contribution is 7.98. The molecule has 1 aliphatic heterocycles. The lowest BCUT2D eigenvalue weighted by Gasteiger charge is -2.21. The molecule has 0 saturated carbocycles. The van der Waals surface area contributed by atoms with Crippen LogP contribution < -0.4 is 0 Å². The van der Waals surface area contributed by atoms with Gasteiger partial charge in [0.05, 0.1) is 0 Å². The van der Waals surface area contributed by atoms with Crippen LogP contribution in [0.2, 0.25) is 0 Å². The Labute approximate surface area is 102 Å². The van der Waals surface area contributed by atoms with Gasteiger partial charge in [-0.25, -0.2) is 0 Å². The van der Waals surface area contributed by atoms with Crippen molar-refractivity contribution in [2.45, 2.75) is 13.5 Å². The van der Waals surface area contributed by atoms with Gasteiger partial charge in [0.25, 0.3) is 0 Å². The maximum atomic E-state index is 8.13. The molecule has 0 bridgehead atoms. The quantitative estimate of drug-likeness (QED) is 0.867. The molecule has 86 valence electrons. The zero-order valence-corrected chi connectivity index (χ0v) is 10.7. The first-order chi connectivity index (χ1) is 7.72. The van der Waals surface area contributed by atoms with Crippen molar-refractivity contribution in [1.82, 2.24) is 4.90 Å². The maximum absolute atomic E-state index is 8.13. The highest BCUT2D eigenvalue weighted by Gasteiger charge is 2.24. The number of rotatable bonds is 4. The second kappa shape index (κ2) is 4.91. The third-order valence-corrected chi connectivity index (χ3v) is 3.84. The predicted molar refractivity (Wildman–Crippen MR) is 71.2 cm³/mol. The Balaban J connectivity index is 2.04. The van der Waals surface area contributed by atoms with E-state index in [1.165, 1.54) is 11.3 Å². The lowest BCUT2D eigenvalue weighted by Crippen LogP contribution is -2.29. The van der Waals surface area contributed by atoms with E-state index >= 15 is 0 Å². The van der Waals surface area contributed by atoms with Crippen LogP contribution in [0.25, 0.3) is 0 Å². The minimum atomic E-state index is 0.643. The average Bonchev–Trinajstić information content (AvgIpc) is 2.57. The summed E-state index contributed by atoms with van der Waals surface area (Å²) in [7, 11) is 0. The smallest absolute Gasteiger partial charge is 0.128 e. The molecule has 0 amide bonds. The summed E-state index contributed by atoms with van der Waals surface area (Å²) in [6.07, 6.45) is 2.14. The van der Waals surface area contributed by atoms with E-state index in [2.05, 4.69) is 36.3 Å². The fraction of sp³-hybridized carbons (Fsp3) is 0.462. The summed E-state index contributed by atoms with van der Waals surface area (Å²) in [5.74, 6) is 2.51. The van der Waals surface area contributed by atoms with Gasteiger partial charge in [-0.2, -0.15) is 11.8 Å². The Hall–Kier alpha value is -0.960. The van der Waals surface area contributed by atoms with E-state index in [9.17, 15) is 0 Å². The zero-order chi connectivity index (χ0) is 11.5. The SMILES string of the molecule is CSCC(C)CN1Cc2ccccc2C1=N. The van der Waals surface area contributed by atoms with Crippen LogP contribution in [-0.2, 0) is 6.54 Å². The number of benzene rings is 1. The molecule has 1 atom stereocenters. The van der Waals surface area contributed by atoms with Crippen LogP contribution in [0.4, 0.5) is 0 Å². The Morgan fingerprint density at radius 1 is 1.44 bits per heavy atom. The molecular weight excluding hydrogens is 216 g/mol. The molecule has 0 spiro atoms. The molecule has 0 fully saturated rings. The molecule has 16 heavy (non-hydrogen) atoms. The summed E-state index contributed by atoms with van der Waals surface area (Å²) < 4.78 is 0. The Kier molecular flexibility index (Phi) is 3.54. The first kappa shape index (κ1) is 11.5. The van der Waals surface area contributed by atoms with E-state index < -0.39 is 0 Å². The Morgan fingerprint density at radius 3 is 2.88 bits per heavy atom. The minimum absolute atomic E-state index is 0.643. The van der Waals surface area contributed by atoms with Crippen LogP contribution in [0.15, 0.2) is 24.3 Å². The third kappa shape index (κ3) is 2.24. The van der Waals surface area contributed by atoms with E-state index in [-0.39, 0.29) is 0 Å². The van der Waals surface area contributed by atoms with Crippen molar-refractivity contribution in [3.05, 3.63) is 35.4 Å². The predicted octanol–water partition coefficient (Wildman–Crippen LogP) is 2.83. The lowest BCUT2D eigenvalue weighted by atomic mass is 10.1. The zero-order valence-electron chi connectivity index (χ0n) is 9.86. The number of nitrogens with zero attached hydrogens (tertiary/aromatic N) is 1. The lowest BCUT2D eigenvalue weighted by molar-refractivity contribution is 0.374. The number of amidine groups is 1. The van der Waals surface area contributed by atoms with E-state index in [1.807, 2.05) is 17.8 Å². The van der Waals surface area contributed by atoms with Gasteiger partial charge in [-0.1, -0.05) is 31.2 Å². The molecule has 0 aromatic heterocycles. The highest BCUT2D eigenvalue weighted by atomic mass is 32.2. The normalized spacial score (nSPS) is 16.4. The summed E-state index contributed by atoms with van der Waals surface area (Å²) in [6, 6.07) is 8.25. The second-order valence-electron chi connectivity index (χ2n) is 4.45. The van der Waals surface area contributed by atoms with Crippen molar-refractivity contribution in [2.75, 3.05) is 18.6 Å². The van der Waals surface area contributed by atoms with Crippen LogP contribution in [0.5, 0.6) is 0 Å². The molecule has 3 heteroatoms. The molecule has 0 saturated heterocycles.